The lowest BCUT2D eigenvalue weighted by Gasteiger charge is -2.16. The van der Waals surface area contributed by atoms with Gasteiger partial charge in [-0.25, -0.2) is 9.78 Å². The van der Waals surface area contributed by atoms with Gasteiger partial charge in [-0.3, -0.25) is 14.6 Å². The Morgan fingerprint density at radius 2 is 1.83 bits per heavy atom. The van der Waals surface area contributed by atoms with Gasteiger partial charge in [-0.05, 0) is 30.3 Å². The van der Waals surface area contributed by atoms with E-state index in [-0.39, 0.29) is 12.3 Å². The van der Waals surface area contributed by atoms with Gasteiger partial charge >= 0.3 is 5.97 Å². The summed E-state index contributed by atoms with van der Waals surface area (Å²) in [5, 5.41) is 5.28. The topological polar surface area (TPSA) is 110 Å². The minimum atomic E-state index is -0.938. The number of carbonyl (C=O) groups excluding carboxylic acids is 3. The molecule has 3 rings (SSSR count). The predicted molar refractivity (Wildman–Crippen MR) is 107 cm³/mol. The number of hydrogen-bond acceptors (Lipinski definition) is 6. The van der Waals surface area contributed by atoms with Gasteiger partial charge in [0.15, 0.2) is 0 Å². The van der Waals surface area contributed by atoms with Crippen LogP contribution in [0.3, 0.4) is 0 Å². The third-order valence-electron chi connectivity index (χ3n) is 4.15. The zero-order valence-electron chi connectivity index (χ0n) is 16.0. The van der Waals surface area contributed by atoms with E-state index in [1.807, 2.05) is 24.3 Å². The van der Waals surface area contributed by atoms with Crippen LogP contribution in [0.25, 0.3) is 11.0 Å². The number of esters is 1. The zero-order valence-corrected chi connectivity index (χ0v) is 16.0. The molecule has 2 N–H and O–H groups in total. The van der Waals surface area contributed by atoms with E-state index in [1.165, 1.54) is 20.1 Å². The van der Waals surface area contributed by atoms with Crippen LogP contribution in [-0.4, -0.2) is 40.9 Å². The summed E-state index contributed by atoms with van der Waals surface area (Å²) in [6.07, 6.45) is 1.70. The van der Waals surface area contributed by atoms with Crippen molar-refractivity contribution in [3.05, 3.63) is 66.0 Å². The van der Waals surface area contributed by atoms with Crippen LogP contribution in [0, 0.1) is 0 Å². The molecule has 3 aromatic rings. The molecule has 8 nitrogen and oxygen atoms in total. The standard InChI is InChI=1S/C21H20N4O4/c1-13(26)23-15-7-5-6-14(10-15)20(27)25-19(21(28)29-2)11-16-12-22-17-8-3-4-9-18(17)24-16/h3-10,12,19H,11H2,1-2H3,(H,23,26)(H,25,27)/t19-/m0/s1. The molecule has 1 aromatic heterocycles. The molecule has 0 bridgehead atoms. The first-order chi connectivity index (χ1) is 14.0. The molecule has 0 aliphatic heterocycles. The Balaban J connectivity index is 1.79. The van der Waals surface area contributed by atoms with Crippen molar-refractivity contribution in [3.63, 3.8) is 0 Å². The molecule has 2 amide bonds. The molecule has 0 saturated heterocycles. The summed E-state index contributed by atoms with van der Waals surface area (Å²) in [6.45, 7) is 1.38. The highest BCUT2D eigenvalue weighted by molar-refractivity contribution is 5.98. The SMILES string of the molecule is COC(=O)[C@H](Cc1cnc2ccccc2n1)NC(=O)c1cccc(NC(C)=O)c1. The molecule has 0 radical (unpaired) electrons. The number of carbonyl (C=O) groups is 3. The summed E-state index contributed by atoms with van der Waals surface area (Å²) in [7, 11) is 1.25. The van der Waals surface area contributed by atoms with Crippen molar-refractivity contribution < 1.29 is 19.1 Å². The van der Waals surface area contributed by atoms with Crippen molar-refractivity contribution >= 4 is 34.5 Å². The summed E-state index contributed by atoms with van der Waals surface area (Å²) < 4.78 is 4.83. The molecular formula is C21H20N4O4. The Hall–Kier alpha value is -3.81. The second kappa shape index (κ2) is 8.92. The molecule has 8 heteroatoms. The van der Waals surface area contributed by atoms with Gasteiger partial charge in [0.25, 0.3) is 5.91 Å². The van der Waals surface area contributed by atoms with Gasteiger partial charge in [0.05, 0.1) is 23.8 Å². The lowest BCUT2D eigenvalue weighted by atomic mass is 10.1. The first-order valence-corrected chi connectivity index (χ1v) is 8.93. The fourth-order valence-corrected chi connectivity index (χ4v) is 2.82. The molecule has 0 fully saturated rings. The average molecular weight is 392 g/mol. The quantitative estimate of drug-likeness (QED) is 0.622. The van der Waals surface area contributed by atoms with E-state index in [2.05, 4.69) is 20.6 Å². The van der Waals surface area contributed by atoms with Crippen LogP contribution in [0.15, 0.2) is 54.7 Å². The maximum atomic E-state index is 12.6. The number of nitrogens with zero attached hydrogens (tertiary/aromatic N) is 2. The lowest BCUT2D eigenvalue weighted by molar-refractivity contribution is -0.142. The number of methoxy groups -OCH3 is 1. The van der Waals surface area contributed by atoms with Gasteiger partial charge in [-0.2, -0.15) is 0 Å². The average Bonchev–Trinajstić information content (AvgIpc) is 2.72. The van der Waals surface area contributed by atoms with E-state index in [0.717, 1.165) is 5.52 Å². The third-order valence-corrected chi connectivity index (χ3v) is 4.15. The van der Waals surface area contributed by atoms with Crippen molar-refractivity contribution in [2.75, 3.05) is 12.4 Å². The number of aromatic nitrogens is 2. The number of ether oxygens (including phenoxy) is 1. The van der Waals surface area contributed by atoms with E-state index in [1.54, 1.807) is 24.4 Å². The van der Waals surface area contributed by atoms with E-state index in [4.69, 9.17) is 4.74 Å². The van der Waals surface area contributed by atoms with Crippen molar-refractivity contribution in [1.82, 2.24) is 15.3 Å². The predicted octanol–water partition coefficient (Wildman–Crippen LogP) is 2.10. The number of para-hydroxylation sites is 2. The minimum absolute atomic E-state index is 0.127. The summed E-state index contributed by atoms with van der Waals surface area (Å²) in [5.74, 6) is -1.31. The molecule has 0 unspecified atom stereocenters. The van der Waals surface area contributed by atoms with Crippen LogP contribution in [0.2, 0.25) is 0 Å². The summed E-state index contributed by atoms with van der Waals surface area (Å²) in [6, 6.07) is 12.9. The van der Waals surface area contributed by atoms with Crippen LogP contribution in [0.4, 0.5) is 5.69 Å². The normalized spacial score (nSPS) is 11.5. The molecule has 2 aromatic carbocycles. The summed E-state index contributed by atoms with van der Waals surface area (Å²) in [5.41, 5.74) is 2.77. The van der Waals surface area contributed by atoms with Gasteiger partial charge in [0, 0.05) is 30.8 Å². The fourth-order valence-electron chi connectivity index (χ4n) is 2.82. The summed E-state index contributed by atoms with van der Waals surface area (Å²) in [4.78, 5) is 44.9. The van der Waals surface area contributed by atoms with Crippen LogP contribution in [0.1, 0.15) is 23.0 Å². The van der Waals surface area contributed by atoms with Crippen molar-refractivity contribution in [2.24, 2.45) is 0 Å². The number of hydrogen-bond donors (Lipinski definition) is 2. The van der Waals surface area contributed by atoms with Gasteiger partial charge in [-0.15, -0.1) is 0 Å². The summed E-state index contributed by atoms with van der Waals surface area (Å²) >= 11 is 0. The molecule has 148 valence electrons. The number of rotatable bonds is 6. The van der Waals surface area contributed by atoms with Gasteiger partial charge in [0.1, 0.15) is 6.04 Å². The van der Waals surface area contributed by atoms with Crippen LogP contribution in [-0.2, 0) is 20.7 Å². The van der Waals surface area contributed by atoms with Gasteiger partial charge in [-0.1, -0.05) is 18.2 Å². The largest absolute Gasteiger partial charge is 0.467 e. The zero-order chi connectivity index (χ0) is 20.8. The number of fused-ring (bicyclic) bond motifs is 1. The molecule has 1 heterocycles. The first-order valence-electron chi connectivity index (χ1n) is 8.93. The fraction of sp³-hybridized carbons (Fsp3) is 0.190. The van der Waals surface area contributed by atoms with Gasteiger partial charge < -0.3 is 15.4 Å². The monoisotopic (exact) mass is 392 g/mol. The van der Waals surface area contributed by atoms with E-state index in [0.29, 0.717) is 22.5 Å². The number of nitrogens with one attached hydrogen (secondary N) is 2. The molecule has 0 spiro atoms. The minimum Gasteiger partial charge on any atom is -0.467 e. The highest BCUT2D eigenvalue weighted by Gasteiger charge is 2.23. The second-order valence-electron chi connectivity index (χ2n) is 6.37. The van der Waals surface area contributed by atoms with Crippen LogP contribution < -0.4 is 10.6 Å². The smallest absolute Gasteiger partial charge is 0.328 e. The molecule has 29 heavy (non-hydrogen) atoms. The van der Waals surface area contributed by atoms with Gasteiger partial charge in [0.2, 0.25) is 5.91 Å². The molecule has 0 aliphatic rings. The maximum Gasteiger partial charge on any atom is 0.328 e. The van der Waals surface area contributed by atoms with E-state index >= 15 is 0 Å². The molecule has 1 atom stereocenters. The Labute approximate surface area is 167 Å². The van der Waals surface area contributed by atoms with Crippen molar-refractivity contribution in [1.29, 1.82) is 0 Å². The van der Waals surface area contributed by atoms with E-state index < -0.39 is 17.9 Å². The maximum absolute atomic E-state index is 12.6. The Kier molecular flexibility index (Phi) is 6.13. The molecular weight excluding hydrogens is 372 g/mol. The third kappa shape index (κ3) is 5.13. The highest BCUT2D eigenvalue weighted by Crippen LogP contribution is 2.13. The van der Waals surface area contributed by atoms with Crippen molar-refractivity contribution in [3.8, 4) is 0 Å². The second-order valence-corrected chi connectivity index (χ2v) is 6.37. The Morgan fingerprint density at radius 3 is 2.55 bits per heavy atom. The molecule has 0 aliphatic carbocycles. The number of anilines is 1. The van der Waals surface area contributed by atoms with Crippen LogP contribution >= 0.6 is 0 Å². The number of benzene rings is 2. The number of amides is 2. The van der Waals surface area contributed by atoms with Crippen LogP contribution in [0.5, 0.6) is 0 Å². The Morgan fingerprint density at radius 1 is 1.07 bits per heavy atom. The van der Waals surface area contributed by atoms with Crippen molar-refractivity contribution in [2.45, 2.75) is 19.4 Å². The molecule has 0 saturated carbocycles. The Bertz CT molecular complexity index is 1070. The first kappa shape index (κ1) is 19.9. The van der Waals surface area contributed by atoms with E-state index in [9.17, 15) is 14.4 Å². The highest BCUT2D eigenvalue weighted by atomic mass is 16.5. The lowest BCUT2D eigenvalue weighted by Crippen LogP contribution is -2.43.